The van der Waals surface area contributed by atoms with E-state index < -0.39 is 0 Å². The van der Waals surface area contributed by atoms with Gasteiger partial charge in [-0.05, 0) is 12.3 Å². The average molecular weight is 211 g/mol. The lowest BCUT2D eigenvalue weighted by Crippen LogP contribution is -2.32. The number of nitrogens with zero attached hydrogens (tertiary/aromatic N) is 3. The Bertz CT molecular complexity index is 228. The van der Waals surface area contributed by atoms with Gasteiger partial charge in [0.15, 0.2) is 0 Å². The maximum absolute atomic E-state index is 8.73. The molecule has 0 aromatic heterocycles. The minimum atomic E-state index is 0.0170. The van der Waals surface area contributed by atoms with Gasteiger partial charge < -0.3 is 10.1 Å². The van der Waals surface area contributed by atoms with Crippen molar-refractivity contribution in [2.45, 2.75) is 25.9 Å². The Balaban J connectivity index is 2.50. The normalized spacial score (nSPS) is 25.7. The molecule has 1 saturated heterocycles. The smallest absolute Gasteiger partial charge is 0.107 e. The molecule has 0 radical (unpaired) electrons. The van der Waals surface area contributed by atoms with Gasteiger partial charge in [0.05, 0.1) is 6.61 Å². The van der Waals surface area contributed by atoms with Crippen molar-refractivity contribution >= 4 is 12.4 Å². The fourth-order valence-corrected chi connectivity index (χ4v) is 1.91. The highest BCUT2D eigenvalue weighted by molar-refractivity contribution is 5.61. The van der Waals surface area contributed by atoms with Crippen molar-refractivity contribution in [3.63, 3.8) is 0 Å². The predicted molar refractivity (Wildman–Crippen MR) is 63.8 cm³/mol. The molecule has 0 saturated carbocycles. The first-order valence-corrected chi connectivity index (χ1v) is 5.55. The molecular weight excluding hydrogens is 190 g/mol. The van der Waals surface area contributed by atoms with E-state index in [-0.39, 0.29) is 12.8 Å². The van der Waals surface area contributed by atoms with Crippen LogP contribution in [0, 0.1) is 5.92 Å². The third-order valence-corrected chi connectivity index (χ3v) is 2.73. The van der Waals surface area contributed by atoms with Crippen LogP contribution in [0.25, 0.3) is 0 Å². The second kappa shape index (κ2) is 6.69. The highest BCUT2D eigenvalue weighted by atomic mass is 16.2. The number of hydrogen-bond acceptors (Lipinski definition) is 4. The molecule has 0 aliphatic carbocycles. The first kappa shape index (κ1) is 12.3. The summed E-state index contributed by atoms with van der Waals surface area (Å²) in [4.78, 5) is 10.7. The van der Waals surface area contributed by atoms with E-state index in [1.54, 1.807) is 13.3 Å². The highest BCUT2D eigenvalue weighted by Crippen LogP contribution is 2.19. The molecule has 0 bridgehead atoms. The van der Waals surface area contributed by atoms with Gasteiger partial charge in [-0.15, -0.1) is 0 Å². The van der Waals surface area contributed by atoms with Gasteiger partial charge in [-0.25, -0.2) is 0 Å². The van der Waals surface area contributed by atoms with E-state index in [4.69, 9.17) is 5.11 Å². The third-order valence-electron chi connectivity index (χ3n) is 2.73. The third kappa shape index (κ3) is 4.10. The van der Waals surface area contributed by atoms with Crippen LogP contribution >= 0.6 is 0 Å². The molecule has 0 aromatic carbocycles. The topological polar surface area (TPSA) is 48.2 Å². The molecule has 86 valence electrons. The Kier molecular flexibility index (Phi) is 5.50. The average Bonchev–Trinajstić information content (AvgIpc) is 2.65. The molecule has 0 spiro atoms. The molecule has 0 amide bonds. The van der Waals surface area contributed by atoms with E-state index in [2.05, 4.69) is 21.8 Å². The lowest BCUT2D eigenvalue weighted by atomic mass is 10.2. The lowest BCUT2D eigenvalue weighted by molar-refractivity contribution is 0.248. The zero-order chi connectivity index (χ0) is 11.1. The molecule has 1 heterocycles. The molecule has 0 aromatic rings. The molecule has 4 nitrogen and oxygen atoms in total. The number of likely N-dealkylation sites (tertiary alicyclic amines) is 1. The fraction of sp³-hybridized carbons (Fsp3) is 0.818. The van der Waals surface area contributed by atoms with Crippen LogP contribution in [0.3, 0.4) is 0 Å². The molecule has 1 aliphatic heterocycles. The van der Waals surface area contributed by atoms with Gasteiger partial charge in [-0.1, -0.05) is 6.92 Å². The molecule has 15 heavy (non-hydrogen) atoms. The summed E-state index contributed by atoms with van der Waals surface area (Å²) in [5.41, 5.74) is 0. The van der Waals surface area contributed by atoms with Gasteiger partial charge in [0.25, 0.3) is 0 Å². The van der Waals surface area contributed by atoms with Gasteiger partial charge in [-0.3, -0.25) is 9.89 Å². The molecule has 4 heteroatoms. The number of rotatable bonds is 5. The fourth-order valence-electron chi connectivity index (χ4n) is 1.91. The van der Waals surface area contributed by atoms with Crippen molar-refractivity contribution in [1.82, 2.24) is 4.90 Å². The number of aliphatic imine (C=N–C) groups is 2. The van der Waals surface area contributed by atoms with Crippen LogP contribution in [0.15, 0.2) is 9.98 Å². The van der Waals surface area contributed by atoms with Crippen LogP contribution < -0.4 is 0 Å². The predicted octanol–water partition coefficient (Wildman–Crippen LogP) is 0.808. The monoisotopic (exact) mass is 211 g/mol. The van der Waals surface area contributed by atoms with E-state index >= 15 is 0 Å². The summed E-state index contributed by atoms with van der Waals surface area (Å²) in [6, 6.07) is 0. The van der Waals surface area contributed by atoms with E-state index in [9.17, 15) is 0 Å². The Morgan fingerprint density at radius 3 is 2.87 bits per heavy atom. The zero-order valence-electron chi connectivity index (χ0n) is 9.63. The Hall–Kier alpha value is -0.740. The first-order chi connectivity index (χ1) is 7.27. The van der Waals surface area contributed by atoms with E-state index in [1.165, 1.54) is 6.42 Å². The second-order valence-corrected chi connectivity index (χ2v) is 4.06. The standard InChI is InChI=1S/C11H21N3O/c1-10-4-7-14(9-10)11(3-5-12-2)13-6-8-15/h5-6,10-11,15H,3-4,7-9H2,1-2H3/t10-,11?/m0/s1. The minimum Gasteiger partial charge on any atom is -0.391 e. The van der Waals surface area contributed by atoms with Crippen molar-refractivity contribution in [3.8, 4) is 0 Å². The second-order valence-electron chi connectivity index (χ2n) is 4.06. The molecule has 2 atom stereocenters. The summed E-state index contributed by atoms with van der Waals surface area (Å²) < 4.78 is 0. The van der Waals surface area contributed by atoms with Gasteiger partial charge in [0, 0.05) is 39.0 Å². The van der Waals surface area contributed by atoms with Crippen LogP contribution in [0.5, 0.6) is 0 Å². The van der Waals surface area contributed by atoms with Gasteiger partial charge in [-0.2, -0.15) is 0 Å². The number of aliphatic hydroxyl groups excluding tert-OH is 1. The van der Waals surface area contributed by atoms with Gasteiger partial charge in [0.1, 0.15) is 6.17 Å². The molecule has 1 aliphatic rings. The summed E-state index contributed by atoms with van der Waals surface area (Å²) in [6.45, 7) is 4.49. The van der Waals surface area contributed by atoms with Crippen LogP contribution in [0.4, 0.5) is 0 Å². The van der Waals surface area contributed by atoms with E-state index in [1.807, 2.05) is 6.21 Å². The summed E-state index contributed by atoms with van der Waals surface area (Å²) >= 11 is 0. The number of hydrogen-bond donors (Lipinski definition) is 1. The van der Waals surface area contributed by atoms with E-state index in [0.717, 1.165) is 25.4 Å². The van der Waals surface area contributed by atoms with Crippen molar-refractivity contribution < 1.29 is 5.11 Å². The minimum absolute atomic E-state index is 0.0170. The van der Waals surface area contributed by atoms with Crippen molar-refractivity contribution in [1.29, 1.82) is 0 Å². The van der Waals surface area contributed by atoms with Gasteiger partial charge >= 0.3 is 0 Å². The maximum Gasteiger partial charge on any atom is 0.107 e. The number of aliphatic hydroxyl groups is 1. The zero-order valence-corrected chi connectivity index (χ0v) is 9.63. The Labute approximate surface area is 91.7 Å². The Morgan fingerprint density at radius 1 is 1.53 bits per heavy atom. The lowest BCUT2D eigenvalue weighted by Gasteiger charge is -2.22. The van der Waals surface area contributed by atoms with E-state index in [0.29, 0.717) is 0 Å². The molecule has 1 fully saturated rings. The SMILES string of the molecule is CN=CCC(N=CCO)N1CC[C@H](C)C1. The van der Waals surface area contributed by atoms with Crippen LogP contribution in [-0.2, 0) is 0 Å². The molecule has 1 rings (SSSR count). The van der Waals surface area contributed by atoms with Crippen molar-refractivity contribution in [3.05, 3.63) is 0 Å². The van der Waals surface area contributed by atoms with Crippen LogP contribution in [0.2, 0.25) is 0 Å². The van der Waals surface area contributed by atoms with Gasteiger partial charge in [0.2, 0.25) is 0 Å². The summed E-state index contributed by atoms with van der Waals surface area (Å²) in [5, 5.41) is 8.73. The highest BCUT2D eigenvalue weighted by Gasteiger charge is 2.24. The summed E-state index contributed by atoms with van der Waals surface area (Å²) in [5.74, 6) is 0.760. The first-order valence-electron chi connectivity index (χ1n) is 5.55. The quantitative estimate of drug-likeness (QED) is 0.684. The summed E-state index contributed by atoms with van der Waals surface area (Å²) in [7, 11) is 1.78. The largest absolute Gasteiger partial charge is 0.391 e. The summed E-state index contributed by atoms with van der Waals surface area (Å²) in [6.07, 6.45) is 5.71. The van der Waals surface area contributed by atoms with Crippen LogP contribution in [0.1, 0.15) is 19.8 Å². The molecule has 1 unspecified atom stereocenters. The van der Waals surface area contributed by atoms with Crippen LogP contribution in [-0.4, -0.2) is 55.3 Å². The van der Waals surface area contributed by atoms with Crippen molar-refractivity contribution in [2.24, 2.45) is 15.9 Å². The maximum atomic E-state index is 8.73. The Morgan fingerprint density at radius 2 is 2.33 bits per heavy atom. The molecular formula is C11H21N3O. The van der Waals surface area contributed by atoms with Crippen molar-refractivity contribution in [2.75, 3.05) is 26.7 Å². The molecule has 1 N–H and O–H groups in total.